The van der Waals surface area contributed by atoms with Gasteiger partial charge in [-0.3, -0.25) is 10.1 Å². The molecule has 0 amide bonds. The first-order chi connectivity index (χ1) is 8.73. The summed E-state index contributed by atoms with van der Waals surface area (Å²) in [5.74, 6) is -0.849. The van der Waals surface area contributed by atoms with Crippen LogP contribution in [-0.4, -0.2) is 30.9 Å². The molecule has 6 nitrogen and oxygen atoms in total. The van der Waals surface area contributed by atoms with Crippen molar-refractivity contribution in [2.24, 2.45) is 0 Å². The van der Waals surface area contributed by atoms with Crippen LogP contribution < -0.4 is 5.32 Å². The van der Waals surface area contributed by atoms with E-state index < -0.39 is 26.6 Å². The number of sulfone groups is 1. The molecule has 19 heavy (non-hydrogen) atoms. The number of hydrogen-bond donors (Lipinski definition) is 1. The highest BCUT2D eigenvalue weighted by molar-refractivity contribution is 7.91. The number of non-ortho nitro benzene ring substituents is 1. The standard InChI is InChI=1S/C11H15FN2O4S/c1-3-19(17,18)7-8(2)13-10-4-9(12)5-11(6-10)14(15)16/h4-6,8,13H,3,7H2,1-2H3. The first-order valence-electron chi connectivity index (χ1n) is 5.65. The molecule has 1 rings (SSSR count). The number of rotatable bonds is 6. The summed E-state index contributed by atoms with van der Waals surface area (Å²) in [7, 11) is -3.17. The summed E-state index contributed by atoms with van der Waals surface area (Å²) in [6, 6.07) is 2.59. The van der Waals surface area contributed by atoms with Crippen molar-refractivity contribution in [3.63, 3.8) is 0 Å². The van der Waals surface area contributed by atoms with Gasteiger partial charge in [-0.2, -0.15) is 0 Å². The number of nitrogens with zero attached hydrogens (tertiary/aromatic N) is 1. The van der Waals surface area contributed by atoms with E-state index in [1.54, 1.807) is 6.92 Å². The molecule has 0 radical (unpaired) electrons. The fraction of sp³-hybridized carbons (Fsp3) is 0.455. The van der Waals surface area contributed by atoms with Gasteiger partial charge in [0.05, 0.1) is 16.7 Å². The average molecular weight is 290 g/mol. The largest absolute Gasteiger partial charge is 0.381 e. The summed E-state index contributed by atoms with van der Waals surface area (Å²) < 4.78 is 36.0. The molecule has 1 aromatic rings. The maximum atomic E-state index is 13.2. The molecule has 0 aliphatic carbocycles. The van der Waals surface area contributed by atoms with Gasteiger partial charge in [0.1, 0.15) is 5.82 Å². The maximum Gasteiger partial charge on any atom is 0.274 e. The zero-order valence-corrected chi connectivity index (χ0v) is 11.4. The van der Waals surface area contributed by atoms with Gasteiger partial charge in [-0.1, -0.05) is 6.92 Å². The van der Waals surface area contributed by atoms with E-state index in [2.05, 4.69) is 5.32 Å². The normalized spacial score (nSPS) is 13.0. The molecule has 1 aromatic carbocycles. The Kier molecular flexibility index (Phi) is 4.82. The second-order valence-corrected chi connectivity index (χ2v) is 6.60. The van der Waals surface area contributed by atoms with Crippen molar-refractivity contribution in [3.8, 4) is 0 Å². The van der Waals surface area contributed by atoms with E-state index in [4.69, 9.17) is 0 Å². The van der Waals surface area contributed by atoms with E-state index in [1.165, 1.54) is 6.92 Å². The van der Waals surface area contributed by atoms with E-state index in [-0.39, 0.29) is 22.9 Å². The number of benzene rings is 1. The highest BCUT2D eigenvalue weighted by atomic mass is 32.2. The zero-order chi connectivity index (χ0) is 14.6. The smallest absolute Gasteiger partial charge is 0.274 e. The quantitative estimate of drug-likeness (QED) is 0.639. The molecule has 0 bridgehead atoms. The first-order valence-corrected chi connectivity index (χ1v) is 7.47. The van der Waals surface area contributed by atoms with Gasteiger partial charge in [0, 0.05) is 23.5 Å². The Morgan fingerprint density at radius 1 is 1.42 bits per heavy atom. The van der Waals surface area contributed by atoms with Crippen molar-refractivity contribution in [3.05, 3.63) is 34.1 Å². The molecule has 1 unspecified atom stereocenters. The first kappa shape index (κ1) is 15.4. The lowest BCUT2D eigenvalue weighted by atomic mass is 10.2. The second kappa shape index (κ2) is 5.96. The van der Waals surface area contributed by atoms with E-state index in [1.807, 2.05) is 0 Å². The second-order valence-electron chi connectivity index (χ2n) is 4.20. The van der Waals surface area contributed by atoms with Crippen LogP contribution in [0.3, 0.4) is 0 Å². The maximum absolute atomic E-state index is 13.2. The van der Waals surface area contributed by atoms with Gasteiger partial charge in [-0.25, -0.2) is 12.8 Å². The topological polar surface area (TPSA) is 89.3 Å². The Labute approximate surface area is 110 Å². The third-order valence-corrected chi connectivity index (χ3v) is 4.34. The van der Waals surface area contributed by atoms with E-state index in [0.717, 1.165) is 18.2 Å². The minimum Gasteiger partial charge on any atom is -0.381 e. The number of nitro groups is 1. The molecule has 0 fully saturated rings. The van der Waals surface area contributed by atoms with Crippen LogP contribution in [0.15, 0.2) is 18.2 Å². The molecule has 0 aliphatic rings. The van der Waals surface area contributed by atoms with Gasteiger partial charge in [0.15, 0.2) is 9.84 Å². The Balaban J connectivity index is 2.85. The van der Waals surface area contributed by atoms with Crippen LogP contribution in [0.4, 0.5) is 15.8 Å². The minimum absolute atomic E-state index is 0.0162. The molecule has 0 heterocycles. The van der Waals surface area contributed by atoms with Crippen LogP contribution >= 0.6 is 0 Å². The van der Waals surface area contributed by atoms with Crippen LogP contribution in [-0.2, 0) is 9.84 Å². The fourth-order valence-corrected chi connectivity index (χ4v) is 2.67. The van der Waals surface area contributed by atoms with Gasteiger partial charge in [0.25, 0.3) is 5.69 Å². The molecular weight excluding hydrogens is 275 g/mol. The van der Waals surface area contributed by atoms with E-state index >= 15 is 0 Å². The Morgan fingerprint density at radius 2 is 2.05 bits per heavy atom. The summed E-state index contributed by atoms with van der Waals surface area (Å²) in [6.45, 7) is 3.15. The lowest BCUT2D eigenvalue weighted by Gasteiger charge is -2.14. The van der Waals surface area contributed by atoms with Gasteiger partial charge < -0.3 is 5.32 Å². The van der Waals surface area contributed by atoms with Crippen molar-refractivity contribution < 1.29 is 17.7 Å². The van der Waals surface area contributed by atoms with Crippen molar-refractivity contribution >= 4 is 21.2 Å². The third-order valence-electron chi connectivity index (χ3n) is 2.45. The number of nitrogens with one attached hydrogen (secondary N) is 1. The van der Waals surface area contributed by atoms with Crippen molar-refractivity contribution in [2.75, 3.05) is 16.8 Å². The monoisotopic (exact) mass is 290 g/mol. The van der Waals surface area contributed by atoms with Crippen molar-refractivity contribution in [1.29, 1.82) is 0 Å². The molecular formula is C11H15FN2O4S. The summed E-state index contributed by atoms with van der Waals surface area (Å²) >= 11 is 0. The Morgan fingerprint density at radius 3 is 2.58 bits per heavy atom. The van der Waals surface area contributed by atoms with E-state index in [9.17, 15) is 22.9 Å². The summed E-state index contributed by atoms with van der Waals surface area (Å²) in [4.78, 5) is 9.87. The molecule has 0 spiro atoms. The van der Waals surface area contributed by atoms with Crippen molar-refractivity contribution in [2.45, 2.75) is 19.9 Å². The average Bonchev–Trinajstić information content (AvgIpc) is 2.27. The van der Waals surface area contributed by atoms with Gasteiger partial charge in [-0.15, -0.1) is 0 Å². The predicted octanol–water partition coefficient (Wildman–Crippen LogP) is 1.97. The number of anilines is 1. The Bertz CT molecular complexity index is 574. The van der Waals surface area contributed by atoms with Crippen molar-refractivity contribution in [1.82, 2.24) is 0 Å². The fourth-order valence-electron chi connectivity index (χ4n) is 1.59. The van der Waals surface area contributed by atoms with Crippen LogP contribution in [0.25, 0.3) is 0 Å². The summed E-state index contributed by atoms with van der Waals surface area (Å²) in [5, 5.41) is 13.3. The van der Waals surface area contributed by atoms with E-state index in [0.29, 0.717) is 0 Å². The number of hydrogen-bond acceptors (Lipinski definition) is 5. The molecule has 0 saturated carbocycles. The SMILES string of the molecule is CCS(=O)(=O)CC(C)Nc1cc(F)cc([N+](=O)[O-])c1. The van der Waals surface area contributed by atoms with Gasteiger partial charge in [0.2, 0.25) is 0 Å². The molecule has 0 aliphatic heterocycles. The summed E-state index contributed by atoms with van der Waals surface area (Å²) in [6.07, 6.45) is 0. The van der Waals surface area contributed by atoms with Crippen LogP contribution in [0.2, 0.25) is 0 Å². The van der Waals surface area contributed by atoms with Gasteiger partial charge in [-0.05, 0) is 13.0 Å². The minimum atomic E-state index is -3.17. The molecule has 106 valence electrons. The molecule has 0 aromatic heterocycles. The highest BCUT2D eigenvalue weighted by Crippen LogP contribution is 2.20. The highest BCUT2D eigenvalue weighted by Gasteiger charge is 2.15. The summed E-state index contributed by atoms with van der Waals surface area (Å²) in [5.41, 5.74) is -0.196. The number of halogens is 1. The molecule has 8 heteroatoms. The predicted molar refractivity (Wildman–Crippen MR) is 70.5 cm³/mol. The molecule has 1 N–H and O–H groups in total. The van der Waals surface area contributed by atoms with Crippen LogP contribution in [0.1, 0.15) is 13.8 Å². The van der Waals surface area contributed by atoms with Gasteiger partial charge >= 0.3 is 0 Å². The third kappa shape index (κ3) is 4.82. The molecule has 0 saturated heterocycles. The molecule has 1 atom stereocenters. The van der Waals surface area contributed by atoms with Crippen LogP contribution in [0, 0.1) is 15.9 Å². The number of nitro benzene ring substituents is 1. The lowest BCUT2D eigenvalue weighted by molar-refractivity contribution is -0.385. The zero-order valence-electron chi connectivity index (χ0n) is 10.6. The lowest BCUT2D eigenvalue weighted by Crippen LogP contribution is -2.26. The Hall–Kier alpha value is -1.70. The van der Waals surface area contributed by atoms with Crippen LogP contribution in [0.5, 0.6) is 0 Å².